The fourth-order valence-corrected chi connectivity index (χ4v) is 9.27. The number of hydrogen-bond acceptors (Lipinski definition) is 6. The number of benzene rings is 2. The summed E-state index contributed by atoms with van der Waals surface area (Å²) >= 11 is 7.70. The standard InChI is InChI=1S/C30H33ClN2O5S/c1-4-17-32(21-13-11-20(31)12-14-21)27(36)25-30-16-15-29(3,39-30)24(28(37)38-5-2)23(30)26(35)33(25)22(18-34)19-9-7-6-8-10-19/h4,6-14,22-25,34H,1,5,15-18H2,2-3H3/t22-,23+,24+,25?,29-,30?/m1/s1. The average molecular weight is 569 g/mol. The Morgan fingerprint density at radius 2 is 1.92 bits per heavy atom. The molecule has 3 saturated heterocycles. The second kappa shape index (κ2) is 10.6. The molecule has 0 aromatic heterocycles. The number of thioether (sulfide) groups is 1. The molecular weight excluding hydrogens is 536 g/mol. The van der Waals surface area contributed by atoms with Gasteiger partial charge in [0.2, 0.25) is 5.91 Å². The molecule has 2 aromatic carbocycles. The Bertz CT molecular complexity index is 1270. The summed E-state index contributed by atoms with van der Waals surface area (Å²) in [5.41, 5.74) is 1.35. The summed E-state index contributed by atoms with van der Waals surface area (Å²) in [5.74, 6) is -2.38. The van der Waals surface area contributed by atoms with Gasteiger partial charge in [0, 0.05) is 22.0 Å². The molecule has 2 unspecified atom stereocenters. The van der Waals surface area contributed by atoms with Crippen molar-refractivity contribution in [3.63, 3.8) is 0 Å². The number of hydrogen-bond donors (Lipinski definition) is 1. The molecule has 2 bridgehead atoms. The third-order valence-electron chi connectivity index (χ3n) is 8.40. The predicted octanol–water partition coefficient (Wildman–Crippen LogP) is 4.64. The van der Waals surface area contributed by atoms with Crippen LogP contribution in [-0.4, -0.2) is 63.1 Å². The van der Waals surface area contributed by atoms with Gasteiger partial charge in [-0.3, -0.25) is 14.4 Å². The molecule has 3 aliphatic rings. The molecule has 2 amide bonds. The first-order valence-electron chi connectivity index (χ1n) is 13.2. The molecule has 7 nitrogen and oxygen atoms in total. The molecule has 39 heavy (non-hydrogen) atoms. The van der Waals surface area contributed by atoms with Crippen molar-refractivity contribution in [3.05, 3.63) is 77.8 Å². The average Bonchev–Trinajstić information content (AvgIpc) is 3.50. The molecule has 0 radical (unpaired) electrons. The Morgan fingerprint density at radius 1 is 1.23 bits per heavy atom. The van der Waals surface area contributed by atoms with Crippen molar-refractivity contribution < 1.29 is 24.2 Å². The highest BCUT2D eigenvalue weighted by atomic mass is 35.5. The largest absolute Gasteiger partial charge is 0.466 e. The molecule has 3 aliphatic heterocycles. The van der Waals surface area contributed by atoms with Crippen LogP contribution in [0.1, 0.15) is 38.3 Å². The van der Waals surface area contributed by atoms with E-state index < -0.39 is 39.4 Å². The van der Waals surface area contributed by atoms with E-state index in [4.69, 9.17) is 16.3 Å². The lowest BCUT2D eigenvalue weighted by atomic mass is 9.66. The summed E-state index contributed by atoms with van der Waals surface area (Å²) in [7, 11) is 0. The maximum atomic E-state index is 14.7. The third-order valence-corrected chi connectivity index (χ3v) is 10.6. The highest BCUT2D eigenvalue weighted by Crippen LogP contribution is 2.72. The smallest absolute Gasteiger partial charge is 0.311 e. The number of aliphatic hydroxyl groups excluding tert-OH is 1. The molecule has 1 N–H and O–H groups in total. The lowest BCUT2D eigenvalue weighted by molar-refractivity contribution is -0.155. The summed E-state index contributed by atoms with van der Waals surface area (Å²) < 4.78 is 4.11. The minimum Gasteiger partial charge on any atom is -0.466 e. The van der Waals surface area contributed by atoms with Crippen molar-refractivity contribution in [1.82, 2.24) is 4.90 Å². The molecule has 3 fully saturated rings. The van der Waals surface area contributed by atoms with Gasteiger partial charge >= 0.3 is 5.97 Å². The van der Waals surface area contributed by atoms with Crippen LogP contribution in [0.4, 0.5) is 5.69 Å². The minimum absolute atomic E-state index is 0.211. The van der Waals surface area contributed by atoms with E-state index in [1.54, 1.807) is 58.8 Å². The summed E-state index contributed by atoms with van der Waals surface area (Å²) in [5, 5.41) is 11.2. The highest BCUT2D eigenvalue weighted by molar-refractivity contribution is 8.02. The predicted molar refractivity (Wildman–Crippen MR) is 152 cm³/mol. The first kappa shape index (κ1) is 27.7. The van der Waals surface area contributed by atoms with Crippen molar-refractivity contribution in [2.24, 2.45) is 11.8 Å². The third kappa shape index (κ3) is 4.37. The number of carbonyl (C=O) groups excluding carboxylic acids is 3. The maximum Gasteiger partial charge on any atom is 0.311 e. The molecule has 9 heteroatoms. The molecule has 5 rings (SSSR count). The zero-order valence-electron chi connectivity index (χ0n) is 22.1. The quantitative estimate of drug-likeness (QED) is 0.350. The Balaban J connectivity index is 1.66. The van der Waals surface area contributed by atoms with Gasteiger partial charge in [0.05, 0.1) is 35.8 Å². The molecular formula is C30H33ClN2O5S. The summed E-state index contributed by atoms with van der Waals surface area (Å²) in [4.78, 5) is 45.7. The Labute approximate surface area is 238 Å². The number of rotatable bonds is 9. The second-order valence-electron chi connectivity index (χ2n) is 10.5. The van der Waals surface area contributed by atoms with Crippen molar-refractivity contribution in [2.45, 2.75) is 48.3 Å². The molecule has 6 atom stereocenters. The van der Waals surface area contributed by atoms with Crippen LogP contribution in [0.25, 0.3) is 0 Å². The molecule has 0 saturated carbocycles. The Morgan fingerprint density at radius 3 is 2.54 bits per heavy atom. The van der Waals surface area contributed by atoms with E-state index >= 15 is 0 Å². The number of esters is 1. The van der Waals surface area contributed by atoms with E-state index in [0.29, 0.717) is 23.6 Å². The van der Waals surface area contributed by atoms with Gasteiger partial charge in [0.25, 0.3) is 5.91 Å². The Hall–Kier alpha value is -2.81. The van der Waals surface area contributed by atoms with Gasteiger partial charge in [-0.2, -0.15) is 0 Å². The topological polar surface area (TPSA) is 87.2 Å². The lowest BCUT2D eigenvalue weighted by Gasteiger charge is -2.39. The monoisotopic (exact) mass is 568 g/mol. The van der Waals surface area contributed by atoms with Crippen LogP contribution in [0, 0.1) is 11.8 Å². The number of amides is 2. The lowest BCUT2D eigenvalue weighted by Crippen LogP contribution is -2.56. The van der Waals surface area contributed by atoms with E-state index in [0.717, 1.165) is 5.56 Å². The number of halogens is 1. The number of aliphatic hydroxyl groups is 1. The van der Waals surface area contributed by atoms with Gasteiger partial charge in [-0.25, -0.2) is 0 Å². The molecule has 206 valence electrons. The molecule has 0 aliphatic carbocycles. The van der Waals surface area contributed by atoms with E-state index in [-0.39, 0.29) is 31.6 Å². The summed E-state index contributed by atoms with van der Waals surface area (Å²) in [6.45, 7) is 7.68. The molecule has 2 aromatic rings. The number of nitrogens with zero attached hydrogens (tertiary/aromatic N) is 2. The van der Waals surface area contributed by atoms with E-state index in [1.165, 1.54) is 0 Å². The van der Waals surface area contributed by atoms with Crippen LogP contribution in [0.3, 0.4) is 0 Å². The highest BCUT2D eigenvalue weighted by Gasteiger charge is 2.78. The molecule has 3 heterocycles. The summed E-state index contributed by atoms with van der Waals surface area (Å²) in [6.07, 6.45) is 2.93. The van der Waals surface area contributed by atoms with E-state index in [2.05, 4.69) is 6.58 Å². The van der Waals surface area contributed by atoms with Crippen molar-refractivity contribution in [1.29, 1.82) is 0 Å². The fraction of sp³-hybridized carbons (Fsp3) is 0.433. The Kier molecular flexibility index (Phi) is 7.57. The van der Waals surface area contributed by atoms with Crippen LogP contribution in [0.2, 0.25) is 5.02 Å². The van der Waals surface area contributed by atoms with Crippen LogP contribution >= 0.6 is 23.4 Å². The normalized spacial score (nSPS) is 29.7. The first-order chi connectivity index (χ1) is 18.7. The first-order valence-corrected chi connectivity index (χ1v) is 14.4. The van der Waals surface area contributed by atoms with Gasteiger partial charge in [-0.1, -0.05) is 48.0 Å². The number of carbonyl (C=O) groups is 3. The van der Waals surface area contributed by atoms with Crippen molar-refractivity contribution >= 4 is 46.8 Å². The number of fused-ring (bicyclic) bond motifs is 1. The van der Waals surface area contributed by atoms with Crippen LogP contribution in [0.5, 0.6) is 0 Å². The maximum absolute atomic E-state index is 14.7. The van der Waals surface area contributed by atoms with Crippen LogP contribution < -0.4 is 4.90 Å². The van der Waals surface area contributed by atoms with Crippen molar-refractivity contribution in [3.8, 4) is 0 Å². The SMILES string of the molecule is C=CCN(C(=O)C1N([C@H](CO)c2ccccc2)C(=O)[C@@H]2[C@@H](C(=O)OCC)[C@@]3(C)CCC12S3)c1ccc(Cl)cc1. The zero-order chi connectivity index (χ0) is 27.9. The van der Waals surface area contributed by atoms with Crippen LogP contribution in [-0.2, 0) is 19.1 Å². The number of ether oxygens (including phenoxy) is 1. The van der Waals surface area contributed by atoms with Gasteiger partial charge in [0.15, 0.2) is 0 Å². The van der Waals surface area contributed by atoms with Gasteiger partial charge < -0.3 is 19.6 Å². The second-order valence-corrected chi connectivity index (χ2v) is 12.9. The van der Waals surface area contributed by atoms with E-state index in [9.17, 15) is 19.5 Å². The van der Waals surface area contributed by atoms with Crippen LogP contribution in [0.15, 0.2) is 67.3 Å². The summed E-state index contributed by atoms with van der Waals surface area (Å²) in [6, 6.07) is 14.5. The number of anilines is 1. The van der Waals surface area contributed by atoms with Gasteiger partial charge in [-0.05, 0) is 56.5 Å². The van der Waals surface area contributed by atoms with Gasteiger partial charge in [-0.15, -0.1) is 18.3 Å². The fourth-order valence-electron chi connectivity index (χ4n) is 6.82. The van der Waals surface area contributed by atoms with Crippen molar-refractivity contribution in [2.75, 3.05) is 24.7 Å². The molecule has 1 spiro atoms. The minimum atomic E-state index is -0.908. The number of likely N-dealkylation sites (tertiary alicyclic amines) is 1. The van der Waals surface area contributed by atoms with E-state index in [1.807, 2.05) is 37.3 Å². The zero-order valence-corrected chi connectivity index (χ0v) is 23.7. The van der Waals surface area contributed by atoms with Gasteiger partial charge in [0.1, 0.15) is 6.04 Å².